The van der Waals surface area contributed by atoms with E-state index in [1.165, 1.54) is 0 Å². The third-order valence-corrected chi connectivity index (χ3v) is 3.41. The van der Waals surface area contributed by atoms with Crippen molar-refractivity contribution in [3.63, 3.8) is 0 Å². The monoisotopic (exact) mass is 267 g/mol. The predicted molar refractivity (Wildman–Crippen MR) is 72.1 cm³/mol. The predicted octanol–water partition coefficient (Wildman–Crippen LogP) is 2.14. The first kappa shape index (κ1) is 13.5. The summed E-state index contributed by atoms with van der Waals surface area (Å²) in [7, 11) is 0. The van der Waals surface area contributed by atoms with Crippen molar-refractivity contribution in [3.8, 4) is 0 Å². The second-order valence-corrected chi connectivity index (χ2v) is 5.12. The van der Waals surface area contributed by atoms with Crippen molar-refractivity contribution in [2.24, 2.45) is 0 Å². The van der Waals surface area contributed by atoms with Gasteiger partial charge in [-0.1, -0.05) is 23.7 Å². The molecule has 1 N–H and O–H groups in total. The van der Waals surface area contributed by atoms with Crippen LogP contribution < -0.4 is 5.32 Å². The van der Waals surface area contributed by atoms with Gasteiger partial charge in [-0.25, -0.2) is 0 Å². The fraction of sp³-hybridized carbons (Fsp3) is 0.500. The number of nitrogens with one attached hydrogen (secondary N) is 1. The Hall–Kier alpha value is -0.900. The number of hydrogen-bond donors (Lipinski definition) is 1. The number of benzene rings is 1. The number of ether oxygens (including phenoxy) is 1. The van der Waals surface area contributed by atoms with Gasteiger partial charge in [0.15, 0.2) is 0 Å². The van der Waals surface area contributed by atoms with Gasteiger partial charge in [0, 0.05) is 31.0 Å². The molecule has 0 aliphatic carbocycles. The van der Waals surface area contributed by atoms with E-state index in [0.29, 0.717) is 24.5 Å². The summed E-state index contributed by atoms with van der Waals surface area (Å²) in [6.07, 6.45) is 0.853. The zero-order valence-corrected chi connectivity index (χ0v) is 11.3. The maximum absolute atomic E-state index is 12.0. The molecular formula is C14H18ClNO2. The van der Waals surface area contributed by atoms with E-state index in [0.717, 1.165) is 24.2 Å². The molecule has 1 unspecified atom stereocenters. The molecule has 1 fully saturated rings. The molecule has 1 saturated heterocycles. The van der Waals surface area contributed by atoms with E-state index in [9.17, 15) is 4.79 Å². The lowest BCUT2D eigenvalue weighted by Gasteiger charge is -2.23. The van der Waals surface area contributed by atoms with Crippen molar-refractivity contribution in [1.29, 1.82) is 0 Å². The van der Waals surface area contributed by atoms with Gasteiger partial charge < -0.3 is 10.1 Å². The molecule has 4 heteroatoms. The molecule has 0 amide bonds. The Morgan fingerprint density at radius 1 is 1.56 bits per heavy atom. The van der Waals surface area contributed by atoms with Gasteiger partial charge >= 0.3 is 0 Å². The average molecular weight is 268 g/mol. The number of aryl methyl sites for hydroxylation is 1. The molecule has 0 radical (unpaired) electrons. The van der Waals surface area contributed by atoms with Crippen LogP contribution >= 0.6 is 11.6 Å². The fourth-order valence-corrected chi connectivity index (χ4v) is 2.39. The molecule has 98 valence electrons. The third-order valence-electron chi connectivity index (χ3n) is 3.06. The summed E-state index contributed by atoms with van der Waals surface area (Å²) in [6.45, 7) is 4.30. The minimum atomic E-state index is 0.00970. The molecule has 0 spiro atoms. The van der Waals surface area contributed by atoms with Gasteiger partial charge in [-0.05, 0) is 24.1 Å². The molecule has 18 heavy (non-hydrogen) atoms. The maximum Gasteiger partial charge on any atom is 0.139 e. The van der Waals surface area contributed by atoms with Crippen molar-refractivity contribution in [2.45, 2.75) is 25.9 Å². The van der Waals surface area contributed by atoms with Gasteiger partial charge in [0.1, 0.15) is 5.78 Å². The Morgan fingerprint density at radius 3 is 3.06 bits per heavy atom. The topological polar surface area (TPSA) is 38.3 Å². The van der Waals surface area contributed by atoms with Crippen LogP contribution in [-0.2, 0) is 16.0 Å². The number of hydrogen-bond acceptors (Lipinski definition) is 3. The molecule has 1 aromatic rings. The van der Waals surface area contributed by atoms with Crippen LogP contribution in [0.4, 0.5) is 0 Å². The number of carbonyl (C=O) groups is 1. The second kappa shape index (κ2) is 6.32. The van der Waals surface area contributed by atoms with Crippen molar-refractivity contribution in [2.75, 3.05) is 19.7 Å². The summed E-state index contributed by atoms with van der Waals surface area (Å²) in [5.74, 6) is 0.175. The van der Waals surface area contributed by atoms with E-state index < -0.39 is 0 Å². The van der Waals surface area contributed by atoms with Crippen molar-refractivity contribution >= 4 is 17.4 Å². The molecule has 1 atom stereocenters. The minimum Gasteiger partial charge on any atom is -0.375 e. The van der Waals surface area contributed by atoms with E-state index in [1.807, 2.05) is 25.1 Å². The molecule has 3 nitrogen and oxygen atoms in total. The van der Waals surface area contributed by atoms with Gasteiger partial charge in [-0.2, -0.15) is 0 Å². The average Bonchev–Trinajstić information content (AvgIpc) is 2.34. The number of rotatable bonds is 4. The summed E-state index contributed by atoms with van der Waals surface area (Å²) in [5.41, 5.74) is 2.01. The number of carbonyl (C=O) groups excluding carboxylic acids is 1. The van der Waals surface area contributed by atoms with Crippen LogP contribution in [0.3, 0.4) is 0 Å². The fourth-order valence-electron chi connectivity index (χ4n) is 2.09. The number of morpholine rings is 1. The SMILES string of the molecule is Cc1ccc(CC(=O)CC2CNCCO2)c(Cl)c1. The Balaban J connectivity index is 1.90. The molecule has 2 rings (SSSR count). The van der Waals surface area contributed by atoms with Crippen LogP contribution in [0.25, 0.3) is 0 Å². The standard InChI is InChI=1S/C14H18ClNO2/c1-10-2-3-11(14(15)6-10)7-12(17)8-13-9-16-4-5-18-13/h2-3,6,13,16H,4-5,7-9H2,1H3. The lowest BCUT2D eigenvalue weighted by Crippen LogP contribution is -2.39. The van der Waals surface area contributed by atoms with Gasteiger partial charge in [0.05, 0.1) is 12.7 Å². The molecule has 0 aromatic heterocycles. The van der Waals surface area contributed by atoms with Crippen LogP contribution in [0.2, 0.25) is 5.02 Å². The summed E-state index contributed by atoms with van der Waals surface area (Å²) in [5, 5.41) is 3.89. The summed E-state index contributed by atoms with van der Waals surface area (Å²) in [4.78, 5) is 12.0. The summed E-state index contributed by atoms with van der Waals surface area (Å²) in [6, 6.07) is 5.80. The zero-order valence-electron chi connectivity index (χ0n) is 10.5. The lowest BCUT2D eigenvalue weighted by molar-refractivity contribution is -0.121. The van der Waals surface area contributed by atoms with E-state index in [4.69, 9.17) is 16.3 Å². The van der Waals surface area contributed by atoms with Gasteiger partial charge in [-0.15, -0.1) is 0 Å². The largest absolute Gasteiger partial charge is 0.375 e. The quantitative estimate of drug-likeness (QED) is 0.908. The molecule has 1 aliphatic rings. The normalized spacial score (nSPS) is 19.8. The van der Waals surface area contributed by atoms with Crippen LogP contribution in [-0.4, -0.2) is 31.6 Å². The molecular weight excluding hydrogens is 250 g/mol. The smallest absolute Gasteiger partial charge is 0.139 e. The van der Waals surface area contributed by atoms with Gasteiger partial charge in [0.25, 0.3) is 0 Å². The van der Waals surface area contributed by atoms with Crippen molar-refractivity contribution < 1.29 is 9.53 Å². The van der Waals surface area contributed by atoms with Gasteiger partial charge in [-0.3, -0.25) is 4.79 Å². The first-order valence-electron chi connectivity index (χ1n) is 6.24. The first-order valence-corrected chi connectivity index (χ1v) is 6.62. The lowest BCUT2D eigenvalue weighted by atomic mass is 10.0. The number of ketones is 1. The summed E-state index contributed by atoms with van der Waals surface area (Å²) >= 11 is 6.12. The Morgan fingerprint density at radius 2 is 2.39 bits per heavy atom. The Bertz CT molecular complexity index is 428. The molecule has 0 saturated carbocycles. The van der Waals surface area contributed by atoms with Crippen LogP contribution in [0.5, 0.6) is 0 Å². The summed E-state index contributed by atoms with van der Waals surface area (Å²) < 4.78 is 5.52. The highest BCUT2D eigenvalue weighted by molar-refractivity contribution is 6.31. The van der Waals surface area contributed by atoms with Crippen molar-refractivity contribution in [3.05, 3.63) is 34.3 Å². The molecule has 0 bridgehead atoms. The van der Waals surface area contributed by atoms with E-state index >= 15 is 0 Å². The van der Waals surface area contributed by atoms with Crippen molar-refractivity contribution in [1.82, 2.24) is 5.32 Å². The molecule has 1 aromatic carbocycles. The van der Waals surface area contributed by atoms with E-state index in [-0.39, 0.29) is 11.9 Å². The zero-order chi connectivity index (χ0) is 13.0. The van der Waals surface area contributed by atoms with Crippen LogP contribution in [0.15, 0.2) is 18.2 Å². The van der Waals surface area contributed by atoms with Gasteiger partial charge in [0.2, 0.25) is 0 Å². The van der Waals surface area contributed by atoms with E-state index in [1.54, 1.807) is 0 Å². The minimum absolute atomic E-state index is 0.00970. The highest BCUT2D eigenvalue weighted by atomic mass is 35.5. The first-order chi connectivity index (χ1) is 8.65. The van der Waals surface area contributed by atoms with E-state index in [2.05, 4.69) is 5.32 Å². The highest BCUT2D eigenvalue weighted by Crippen LogP contribution is 2.19. The Labute approximate surface area is 112 Å². The highest BCUT2D eigenvalue weighted by Gasteiger charge is 2.18. The number of halogens is 1. The van der Waals surface area contributed by atoms with Crippen LogP contribution in [0, 0.1) is 6.92 Å². The Kier molecular flexibility index (Phi) is 4.75. The van der Waals surface area contributed by atoms with Crippen LogP contribution in [0.1, 0.15) is 17.5 Å². The number of Topliss-reactive ketones (excluding diaryl/α,β-unsaturated/α-hetero) is 1. The third kappa shape index (κ3) is 3.80. The second-order valence-electron chi connectivity index (χ2n) is 4.71. The maximum atomic E-state index is 12.0. The molecule has 1 aliphatic heterocycles. The molecule has 1 heterocycles.